The zero-order valence-corrected chi connectivity index (χ0v) is 11.6. The van der Waals surface area contributed by atoms with Crippen LogP contribution in [0.3, 0.4) is 0 Å². The number of benzene rings is 1. The normalized spacial score (nSPS) is 20.9. The molecule has 0 saturated carbocycles. The Kier molecular flexibility index (Phi) is 5.02. The summed E-state index contributed by atoms with van der Waals surface area (Å²) in [6, 6.07) is 11.3. The van der Waals surface area contributed by atoms with Crippen molar-refractivity contribution in [3.8, 4) is 0 Å². The monoisotopic (exact) mass is 247 g/mol. The summed E-state index contributed by atoms with van der Waals surface area (Å²) in [5.41, 5.74) is 1.34. The minimum atomic E-state index is 0.640. The van der Waals surface area contributed by atoms with E-state index in [9.17, 15) is 0 Å². The molecule has 1 N–H and O–H groups in total. The predicted molar refractivity (Wildman–Crippen MR) is 78.2 cm³/mol. The summed E-state index contributed by atoms with van der Waals surface area (Å²) in [5, 5.41) is 3.61. The second-order valence-electron chi connectivity index (χ2n) is 5.12. The first-order valence-electron chi connectivity index (χ1n) is 7.01. The Labute approximate surface area is 111 Å². The van der Waals surface area contributed by atoms with Gasteiger partial charge in [0.1, 0.15) is 0 Å². The number of rotatable bonds is 5. The molecule has 100 valence electrons. The molecule has 18 heavy (non-hydrogen) atoms. The summed E-state index contributed by atoms with van der Waals surface area (Å²) >= 11 is 0. The van der Waals surface area contributed by atoms with Gasteiger partial charge in [0, 0.05) is 44.5 Å². The van der Waals surface area contributed by atoms with Crippen molar-refractivity contribution in [2.45, 2.75) is 19.4 Å². The van der Waals surface area contributed by atoms with Crippen LogP contribution < -0.4 is 10.2 Å². The highest BCUT2D eigenvalue weighted by Crippen LogP contribution is 2.14. The number of piperazine rings is 1. The van der Waals surface area contributed by atoms with Gasteiger partial charge >= 0.3 is 0 Å². The fraction of sp³-hybridized carbons (Fsp3) is 0.600. The van der Waals surface area contributed by atoms with E-state index < -0.39 is 0 Å². The fourth-order valence-electron chi connectivity index (χ4n) is 2.61. The maximum Gasteiger partial charge on any atom is 0.0366 e. The Morgan fingerprint density at radius 1 is 1.33 bits per heavy atom. The topological polar surface area (TPSA) is 18.5 Å². The SMILES string of the molecule is CCN(CCC1CN(C)CCN1)c1ccccc1. The third-order valence-corrected chi connectivity index (χ3v) is 3.71. The van der Waals surface area contributed by atoms with E-state index in [1.165, 1.54) is 25.2 Å². The molecule has 3 heteroatoms. The smallest absolute Gasteiger partial charge is 0.0366 e. The third kappa shape index (κ3) is 3.72. The summed E-state index contributed by atoms with van der Waals surface area (Å²) in [7, 11) is 2.21. The van der Waals surface area contributed by atoms with Gasteiger partial charge in [0.25, 0.3) is 0 Å². The molecule has 0 amide bonds. The van der Waals surface area contributed by atoms with Crippen LogP contribution in [0.5, 0.6) is 0 Å². The van der Waals surface area contributed by atoms with Gasteiger partial charge < -0.3 is 15.1 Å². The molecular weight excluding hydrogens is 222 g/mol. The lowest BCUT2D eigenvalue weighted by molar-refractivity contribution is 0.233. The molecule has 1 saturated heterocycles. The van der Waals surface area contributed by atoms with Crippen molar-refractivity contribution in [3.05, 3.63) is 30.3 Å². The van der Waals surface area contributed by atoms with Crippen LogP contribution in [0, 0.1) is 0 Å². The van der Waals surface area contributed by atoms with Gasteiger partial charge in [0.05, 0.1) is 0 Å². The summed E-state index contributed by atoms with van der Waals surface area (Å²) in [6.07, 6.45) is 1.22. The van der Waals surface area contributed by atoms with Gasteiger partial charge in [-0.3, -0.25) is 0 Å². The summed E-state index contributed by atoms with van der Waals surface area (Å²) in [5.74, 6) is 0. The largest absolute Gasteiger partial charge is 0.372 e. The highest BCUT2D eigenvalue weighted by atomic mass is 15.2. The van der Waals surface area contributed by atoms with Crippen molar-refractivity contribution in [2.75, 3.05) is 44.7 Å². The molecular formula is C15H25N3. The number of para-hydroxylation sites is 1. The highest BCUT2D eigenvalue weighted by molar-refractivity contribution is 5.45. The quantitative estimate of drug-likeness (QED) is 0.856. The number of likely N-dealkylation sites (N-methyl/N-ethyl adjacent to an activating group) is 1. The Balaban J connectivity index is 1.84. The number of hydrogen-bond acceptors (Lipinski definition) is 3. The Morgan fingerprint density at radius 2 is 2.11 bits per heavy atom. The zero-order chi connectivity index (χ0) is 12.8. The van der Waals surface area contributed by atoms with Crippen molar-refractivity contribution < 1.29 is 0 Å². The van der Waals surface area contributed by atoms with Gasteiger partial charge in [-0.15, -0.1) is 0 Å². The second kappa shape index (κ2) is 6.76. The molecule has 1 heterocycles. The Bertz CT molecular complexity index is 339. The molecule has 1 aliphatic rings. The minimum Gasteiger partial charge on any atom is -0.372 e. The maximum absolute atomic E-state index is 3.61. The van der Waals surface area contributed by atoms with Gasteiger partial charge in [-0.1, -0.05) is 18.2 Å². The van der Waals surface area contributed by atoms with Crippen LogP contribution in [0.25, 0.3) is 0 Å². The van der Waals surface area contributed by atoms with Crippen molar-refractivity contribution >= 4 is 5.69 Å². The van der Waals surface area contributed by atoms with Crippen LogP contribution in [-0.2, 0) is 0 Å². The molecule has 1 fully saturated rings. The van der Waals surface area contributed by atoms with Crippen molar-refractivity contribution in [1.82, 2.24) is 10.2 Å². The van der Waals surface area contributed by atoms with Gasteiger partial charge in [0.2, 0.25) is 0 Å². The average Bonchev–Trinajstić information content (AvgIpc) is 2.41. The first kappa shape index (κ1) is 13.4. The minimum absolute atomic E-state index is 0.640. The van der Waals surface area contributed by atoms with Gasteiger partial charge in [-0.05, 0) is 32.5 Å². The molecule has 1 aliphatic heterocycles. The molecule has 0 bridgehead atoms. The van der Waals surface area contributed by atoms with Crippen molar-refractivity contribution in [2.24, 2.45) is 0 Å². The van der Waals surface area contributed by atoms with Gasteiger partial charge in [0.15, 0.2) is 0 Å². The Morgan fingerprint density at radius 3 is 2.78 bits per heavy atom. The lowest BCUT2D eigenvalue weighted by Crippen LogP contribution is -2.50. The molecule has 0 aromatic heterocycles. The second-order valence-corrected chi connectivity index (χ2v) is 5.12. The van der Waals surface area contributed by atoms with E-state index in [-0.39, 0.29) is 0 Å². The predicted octanol–water partition coefficient (Wildman–Crippen LogP) is 1.81. The number of hydrogen-bond donors (Lipinski definition) is 1. The molecule has 1 atom stereocenters. The van der Waals surface area contributed by atoms with Gasteiger partial charge in [-0.2, -0.15) is 0 Å². The molecule has 0 radical (unpaired) electrons. The fourth-order valence-corrected chi connectivity index (χ4v) is 2.61. The van der Waals surface area contributed by atoms with E-state index in [1.807, 2.05) is 0 Å². The van der Waals surface area contributed by atoms with E-state index in [2.05, 4.69) is 59.4 Å². The highest BCUT2D eigenvalue weighted by Gasteiger charge is 2.16. The van der Waals surface area contributed by atoms with Crippen LogP contribution in [0.2, 0.25) is 0 Å². The van der Waals surface area contributed by atoms with Gasteiger partial charge in [-0.25, -0.2) is 0 Å². The molecule has 1 unspecified atom stereocenters. The molecule has 3 nitrogen and oxygen atoms in total. The molecule has 1 aromatic carbocycles. The van der Waals surface area contributed by atoms with E-state index in [0.717, 1.165) is 19.6 Å². The standard InChI is InChI=1S/C15H25N3/c1-3-18(15-7-5-4-6-8-15)11-9-14-13-17(2)12-10-16-14/h4-8,14,16H,3,9-13H2,1-2H3. The maximum atomic E-state index is 3.61. The first-order valence-corrected chi connectivity index (χ1v) is 7.01. The van der Waals surface area contributed by atoms with E-state index in [0.29, 0.717) is 6.04 Å². The zero-order valence-electron chi connectivity index (χ0n) is 11.6. The van der Waals surface area contributed by atoms with E-state index in [1.54, 1.807) is 0 Å². The van der Waals surface area contributed by atoms with E-state index in [4.69, 9.17) is 0 Å². The number of nitrogens with one attached hydrogen (secondary N) is 1. The lowest BCUT2D eigenvalue weighted by atomic mass is 10.1. The first-order chi connectivity index (χ1) is 8.79. The molecule has 1 aromatic rings. The van der Waals surface area contributed by atoms with Crippen LogP contribution >= 0.6 is 0 Å². The van der Waals surface area contributed by atoms with E-state index >= 15 is 0 Å². The van der Waals surface area contributed by atoms with Crippen molar-refractivity contribution in [1.29, 1.82) is 0 Å². The molecule has 0 aliphatic carbocycles. The Hall–Kier alpha value is -1.06. The molecule has 2 rings (SSSR count). The van der Waals surface area contributed by atoms with Crippen LogP contribution in [0.4, 0.5) is 5.69 Å². The number of nitrogens with zero attached hydrogens (tertiary/aromatic N) is 2. The lowest BCUT2D eigenvalue weighted by Gasteiger charge is -2.33. The third-order valence-electron chi connectivity index (χ3n) is 3.71. The number of anilines is 1. The van der Waals surface area contributed by atoms with Crippen LogP contribution in [-0.4, -0.2) is 50.7 Å². The summed E-state index contributed by atoms with van der Waals surface area (Å²) in [4.78, 5) is 4.87. The summed E-state index contributed by atoms with van der Waals surface area (Å²) in [6.45, 7) is 7.91. The van der Waals surface area contributed by atoms with Crippen LogP contribution in [0.1, 0.15) is 13.3 Å². The summed E-state index contributed by atoms with van der Waals surface area (Å²) < 4.78 is 0. The van der Waals surface area contributed by atoms with Crippen LogP contribution in [0.15, 0.2) is 30.3 Å². The average molecular weight is 247 g/mol. The molecule has 0 spiro atoms. The van der Waals surface area contributed by atoms with Crippen molar-refractivity contribution in [3.63, 3.8) is 0 Å².